The molecule has 1 aromatic carbocycles. The maximum absolute atomic E-state index is 12.1. The summed E-state index contributed by atoms with van der Waals surface area (Å²) < 4.78 is 29.2. The fourth-order valence-corrected chi connectivity index (χ4v) is 2.00. The highest BCUT2D eigenvalue weighted by Crippen LogP contribution is 2.14. The zero-order chi connectivity index (χ0) is 17.2. The summed E-state index contributed by atoms with van der Waals surface area (Å²) in [5.41, 5.74) is 1.67. The fraction of sp³-hybridized carbons (Fsp3) is 0.294. The minimum absolute atomic E-state index is 0.279. The Hall–Kier alpha value is -2.70. The first-order valence-electron chi connectivity index (χ1n) is 7.55. The minimum atomic E-state index is -2.52. The second kappa shape index (κ2) is 9.44. The number of nitrogens with zero attached hydrogens (tertiary/aromatic N) is 1. The van der Waals surface area contributed by atoms with Crippen molar-refractivity contribution < 1.29 is 18.3 Å². The molecule has 7 heteroatoms. The van der Waals surface area contributed by atoms with Crippen molar-refractivity contribution in [1.29, 1.82) is 0 Å². The van der Waals surface area contributed by atoms with Gasteiger partial charge in [-0.2, -0.15) is 0 Å². The number of carbonyl (C=O) groups is 1. The number of hydrogen-bond donors (Lipinski definition) is 2. The number of carbonyl (C=O) groups excluding carboxylic acids is 1. The molecule has 0 bridgehead atoms. The molecular formula is C17H19F2N3O2. The summed E-state index contributed by atoms with van der Waals surface area (Å²) in [5.74, 6) is 0.352. The summed E-state index contributed by atoms with van der Waals surface area (Å²) >= 11 is 0. The number of alkyl halides is 2. The number of urea groups is 1. The Morgan fingerprint density at radius 2 is 2.04 bits per heavy atom. The number of hydrogen-bond acceptors (Lipinski definition) is 3. The third-order valence-corrected chi connectivity index (χ3v) is 3.12. The molecule has 0 fully saturated rings. The number of ether oxygens (including phenoxy) is 1. The zero-order valence-corrected chi connectivity index (χ0v) is 13.0. The van der Waals surface area contributed by atoms with Gasteiger partial charge in [0.15, 0.2) is 0 Å². The van der Waals surface area contributed by atoms with E-state index in [-0.39, 0.29) is 12.6 Å². The molecule has 0 saturated carbocycles. The van der Waals surface area contributed by atoms with E-state index in [0.29, 0.717) is 18.7 Å². The van der Waals surface area contributed by atoms with E-state index in [2.05, 4.69) is 15.6 Å². The van der Waals surface area contributed by atoms with Crippen LogP contribution in [0.2, 0.25) is 0 Å². The lowest BCUT2D eigenvalue weighted by atomic mass is 10.2. The van der Waals surface area contributed by atoms with Crippen LogP contribution in [-0.4, -0.2) is 30.6 Å². The lowest BCUT2D eigenvalue weighted by molar-refractivity contribution is 0.0818. The van der Waals surface area contributed by atoms with E-state index in [1.165, 1.54) is 0 Å². The van der Waals surface area contributed by atoms with Crippen molar-refractivity contribution in [3.63, 3.8) is 0 Å². The minimum Gasteiger partial charge on any atom is -0.488 e. The molecule has 2 rings (SSSR count). The maximum Gasteiger partial charge on any atom is 0.315 e. The number of aromatic nitrogens is 1. The lowest BCUT2D eigenvalue weighted by Crippen LogP contribution is -2.36. The molecule has 0 unspecified atom stereocenters. The quantitative estimate of drug-likeness (QED) is 0.780. The number of amides is 2. The summed E-state index contributed by atoms with van der Waals surface area (Å²) in [6.45, 7) is 0.104. The highest BCUT2D eigenvalue weighted by atomic mass is 19.3. The SMILES string of the molecule is O=C(NCCc1ccccn1)NCc1cccc(OCC(F)F)c1. The van der Waals surface area contributed by atoms with Gasteiger partial charge in [-0.15, -0.1) is 0 Å². The van der Waals surface area contributed by atoms with Gasteiger partial charge in [-0.1, -0.05) is 18.2 Å². The number of halogens is 2. The van der Waals surface area contributed by atoms with E-state index in [4.69, 9.17) is 4.74 Å². The first-order chi connectivity index (χ1) is 11.6. The molecule has 24 heavy (non-hydrogen) atoms. The Labute approximate surface area is 139 Å². The van der Waals surface area contributed by atoms with Gasteiger partial charge in [0.25, 0.3) is 6.43 Å². The van der Waals surface area contributed by atoms with Gasteiger partial charge in [0.05, 0.1) is 0 Å². The van der Waals surface area contributed by atoms with E-state index in [1.54, 1.807) is 30.5 Å². The van der Waals surface area contributed by atoms with E-state index in [1.807, 2.05) is 18.2 Å². The van der Waals surface area contributed by atoms with Gasteiger partial charge in [0, 0.05) is 31.4 Å². The Balaban J connectivity index is 1.70. The van der Waals surface area contributed by atoms with Crippen molar-refractivity contribution in [3.8, 4) is 5.75 Å². The second-order valence-corrected chi connectivity index (χ2v) is 5.03. The molecule has 5 nitrogen and oxygen atoms in total. The summed E-state index contributed by atoms with van der Waals surface area (Å²) in [5, 5.41) is 5.44. The van der Waals surface area contributed by atoms with Crippen LogP contribution in [0.4, 0.5) is 13.6 Å². The first kappa shape index (κ1) is 17.7. The molecule has 128 valence electrons. The van der Waals surface area contributed by atoms with Crippen molar-refractivity contribution in [3.05, 3.63) is 59.9 Å². The van der Waals surface area contributed by atoms with Gasteiger partial charge < -0.3 is 15.4 Å². The first-order valence-corrected chi connectivity index (χ1v) is 7.55. The van der Waals surface area contributed by atoms with E-state index in [0.717, 1.165) is 11.3 Å². The molecule has 1 aromatic heterocycles. The van der Waals surface area contributed by atoms with Gasteiger partial charge in [-0.3, -0.25) is 4.98 Å². The second-order valence-electron chi connectivity index (χ2n) is 5.03. The molecular weight excluding hydrogens is 316 g/mol. The predicted octanol–water partition coefficient (Wildman–Crippen LogP) is 2.77. The van der Waals surface area contributed by atoms with Crippen LogP contribution in [0.25, 0.3) is 0 Å². The lowest BCUT2D eigenvalue weighted by Gasteiger charge is -2.09. The van der Waals surface area contributed by atoms with Crippen molar-refractivity contribution in [2.24, 2.45) is 0 Å². The van der Waals surface area contributed by atoms with Gasteiger partial charge in [-0.25, -0.2) is 13.6 Å². The molecule has 2 amide bonds. The summed E-state index contributed by atoms with van der Waals surface area (Å²) in [7, 11) is 0. The van der Waals surface area contributed by atoms with E-state index in [9.17, 15) is 13.6 Å². The van der Waals surface area contributed by atoms with Crippen LogP contribution in [-0.2, 0) is 13.0 Å². The smallest absolute Gasteiger partial charge is 0.315 e. The third kappa shape index (κ3) is 6.60. The number of pyridine rings is 1. The average molecular weight is 335 g/mol. The molecule has 0 saturated heterocycles. The maximum atomic E-state index is 12.1. The predicted molar refractivity (Wildman–Crippen MR) is 86.1 cm³/mol. The zero-order valence-electron chi connectivity index (χ0n) is 13.0. The topological polar surface area (TPSA) is 63.2 Å². The molecule has 0 atom stereocenters. The Bertz CT molecular complexity index is 639. The fourth-order valence-electron chi connectivity index (χ4n) is 2.00. The average Bonchev–Trinajstić information content (AvgIpc) is 2.59. The van der Waals surface area contributed by atoms with Crippen LogP contribution >= 0.6 is 0 Å². The Morgan fingerprint density at radius 3 is 2.79 bits per heavy atom. The van der Waals surface area contributed by atoms with Gasteiger partial charge >= 0.3 is 6.03 Å². The van der Waals surface area contributed by atoms with Crippen molar-refractivity contribution in [2.45, 2.75) is 19.4 Å². The summed E-state index contributed by atoms with van der Waals surface area (Å²) in [4.78, 5) is 15.9. The van der Waals surface area contributed by atoms with E-state index >= 15 is 0 Å². The van der Waals surface area contributed by atoms with Crippen molar-refractivity contribution >= 4 is 6.03 Å². The molecule has 1 heterocycles. The van der Waals surface area contributed by atoms with E-state index < -0.39 is 13.0 Å². The van der Waals surface area contributed by atoms with Crippen LogP contribution in [0, 0.1) is 0 Å². The standard InChI is InChI=1S/C17H19F2N3O2/c18-16(19)12-24-15-6-3-4-13(10-15)11-22-17(23)21-9-7-14-5-1-2-8-20-14/h1-6,8,10,16H,7,9,11-12H2,(H2,21,22,23). The number of nitrogens with one attached hydrogen (secondary N) is 2. The normalized spacial score (nSPS) is 10.5. The highest BCUT2D eigenvalue weighted by Gasteiger charge is 2.05. The van der Waals surface area contributed by atoms with Crippen LogP contribution in [0.3, 0.4) is 0 Å². The van der Waals surface area contributed by atoms with Crippen LogP contribution < -0.4 is 15.4 Å². The van der Waals surface area contributed by atoms with Gasteiger partial charge in [-0.05, 0) is 29.8 Å². The van der Waals surface area contributed by atoms with Crippen LogP contribution in [0.15, 0.2) is 48.7 Å². The van der Waals surface area contributed by atoms with Crippen molar-refractivity contribution in [1.82, 2.24) is 15.6 Å². The Kier molecular flexibility index (Phi) is 6.94. The molecule has 0 aliphatic rings. The molecule has 0 aliphatic carbocycles. The van der Waals surface area contributed by atoms with Crippen LogP contribution in [0.1, 0.15) is 11.3 Å². The monoisotopic (exact) mass is 335 g/mol. The molecule has 2 N–H and O–H groups in total. The molecule has 0 spiro atoms. The number of benzene rings is 1. The summed E-state index contributed by atoms with van der Waals surface area (Å²) in [6, 6.07) is 12.0. The number of rotatable bonds is 8. The Morgan fingerprint density at radius 1 is 1.17 bits per heavy atom. The molecule has 0 radical (unpaired) electrons. The van der Waals surface area contributed by atoms with Gasteiger partial charge in [0.2, 0.25) is 0 Å². The van der Waals surface area contributed by atoms with Crippen LogP contribution in [0.5, 0.6) is 5.75 Å². The molecule has 2 aromatic rings. The molecule has 0 aliphatic heterocycles. The highest BCUT2D eigenvalue weighted by molar-refractivity contribution is 5.73. The van der Waals surface area contributed by atoms with Gasteiger partial charge in [0.1, 0.15) is 12.4 Å². The van der Waals surface area contributed by atoms with Crippen molar-refractivity contribution in [2.75, 3.05) is 13.2 Å². The third-order valence-electron chi connectivity index (χ3n) is 3.12. The summed E-state index contributed by atoms with van der Waals surface area (Å²) in [6.07, 6.45) is -0.166. The largest absolute Gasteiger partial charge is 0.488 e.